The molecule has 1 aromatic heterocycles. The number of rotatable bonds is 5. The van der Waals surface area contributed by atoms with Crippen molar-refractivity contribution in [1.29, 1.82) is 0 Å². The molecule has 2 heterocycles. The van der Waals surface area contributed by atoms with Crippen LogP contribution in [0.5, 0.6) is 0 Å². The molecular weight excluding hydrogens is 240 g/mol. The molecule has 0 saturated carbocycles. The van der Waals surface area contributed by atoms with Gasteiger partial charge in [-0.3, -0.25) is 4.79 Å². The molecule has 1 aliphatic rings. The van der Waals surface area contributed by atoms with Gasteiger partial charge in [0.1, 0.15) is 5.82 Å². The van der Waals surface area contributed by atoms with Crippen LogP contribution in [0.2, 0.25) is 0 Å². The Morgan fingerprint density at radius 1 is 1.47 bits per heavy atom. The number of hydrogen-bond acceptors (Lipinski definition) is 4. The number of carbonyl (C=O) groups excluding carboxylic acids is 1. The summed E-state index contributed by atoms with van der Waals surface area (Å²) in [7, 11) is 0. The summed E-state index contributed by atoms with van der Waals surface area (Å²) < 4.78 is 0. The van der Waals surface area contributed by atoms with E-state index in [4.69, 9.17) is 0 Å². The molecule has 104 valence electrons. The van der Waals surface area contributed by atoms with Crippen molar-refractivity contribution in [2.24, 2.45) is 0 Å². The smallest absolute Gasteiger partial charge is 0.239 e. The zero-order valence-corrected chi connectivity index (χ0v) is 11.5. The Morgan fingerprint density at radius 3 is 3.11 bits per heavy atom. The molecule has 0 aromatic carbocycles. The summed E-state index contributed by atoms with van der Waals surface area (Å²) in [5.74, 6) is 0.962. The second-order valence-electron chi connectivity index (χ2n) is 4.83. The molecule has 0 spiro atoms. The number of pyridine rings is 1. The van der Waals surface area contributed by atoms with E-state index in [-0.39, 0.29) is 5.91 Å². The summed E-state index contributed by atoms with van der Waals surface area (Å²) in [5, 5.41) is 6.22. The highest BCUT2D eigenvalue weighted by molar-refractivity contribution is 5.81. The van der Waals surface area contributed by atoms with Crippen LogP contribution in [0.4, 0.5) is 5.82 Å². The van der Waals surface area contributed by atoms with Crippen LogP contribution in [0.3, 0.4) is 0 Å². The summed E-state index contributed by atoms with van der Waals surface area (Å²) in [6.07, 6.45) is 3.99. The molecular formula is C14H22N4O. The van der Waals surface area contributed by atoms with Gasteiger partial charge in [0, 0.05) is 25.8 Å². The van der Waals surface area contributed by atoms with E-state index < -0.39 is 0 Å². The van der Waals surface area contributed by atoms with Crippen LogP contribution in [0.1, 0.15) is 25.3 Å². The molecule has 0 bridgehead atoms. The molecule has 19 heavy (non-hydrogen) atoms. The average molecular weight is 262 g/mol. The predicted molar refractivity (Wildman–Crippen MR) is 76.1 cm³/mol. The second kappa shape index (κ2) is 7.09. The third-order valence-electron chi connectivity index (χ3n) is 3.15. The van der Waals surface area contributed by atoms with Crippen LogP contribution < -0.4 is 15.5 Å². The molecule has 2 N–H and O–H groups in total. The Balaban J connectivity index is 1.94. The van der Waals surface area contributed by atoms with Gasteiger partial charge >= 0.3 is 0 Å². The topological polar surface area (TPSA) is 57.3 Å². The molecule has 0 atom stereocenters. The summed E-state index contributed by atoms with van der Waals surface area (Å²) >= 11 is 0. The number of hydrogen-bond donors (Lipinski definition) is 2. The number of nitrogens with zero attached hydrogens (tertiary/aromatic N) is 2. The molecule has 1 saturated heterocycles. The first kappa shape index (κ1) is 13.8. The molecule has 5 heteroatoms. The largest absolute Gasteiger partial charge is 0.354 e. The maximum atomic E-state index is 11.5. The molecule has 1 amide bonds. The van der Waals surface area contributed by atoms with Crippen molar-refractivity contribution >= 4 is 11.7 Å². The molecule has 0 unspecified atom stereocenters. The maximum absolute atomic E-state index is 11.5. The van der Waals surface area contributed by atoms with Gasteiger partial charge in [-0.15, -0.1) is 0 Å². The lowest BCUT2D eigenvalue weighted by Gasteiger charge is -2.20. The van der Waals surface area contributed by atoms with Gasteiger partial charge in [0.2, 0.25) is 5.91 Å². The van der Waals surface area contributed by atoms with Crippen molar-refractivity contribution in [3.63, 3.8) is 0 Å². The predicted octanol–water partition coefficient (Wildman–Crippen LogP) is 0.907. The Bertz CT molecular complexity index is 404. The van der Waals surface area contributed by atoms with E-state index in [9.17, 15) is 4.79 Å². The summed E-state index contributed by atoms with van der Waals surface area (Å²) in [6.45, 7) is 6.06. The first-order valence-electron chi connectivity index (χ1n) is 6.97. The van der Waals surface area contributed by atoms with Gasteiger partial charge in [-0.1, -0.05) is 13.0 Å². The number of carbonyl (C=O) groups is 1. The summed E-state index contributed by atoms with van der Waals surface area (Å²) in [5.41, 5.74) is 1.18. The van der Waals surface area contributed by atoms with Crippen LogP contribution in [0.15, 0.2) is 18.3 Å². The molecule has 0 radical (unpaired) electrons. The molecule has 5 nitrogen and oxygen atoms in total. The van der Waals surface area contributed by atoms with E-state index in [1.54, 1.807) is 0 Å². The number of anilines is 1. The third kappa shape index (κ3) is 4.21. The molecule has 2 rings (SSSR count). The standard InChI is InChI=1S/C14H22N4O/c1-2-6-15-9-12-4-5-13(17-10-12)18-8-3-7-16-14(19)11-18/h4-5,10,15H,2-3,6-9,11H2,1H3,(H,16,19). The van der Waals surface area contributed by atoms with Gasteiger partial charge in [-0.2, -0.15) is 0 Å². The zero-order chi connectivity index (χ0) is 13.5. The summed E-state index contributed by atoms with van der Waals surface area (Å²) in [4.78, 5) is 18.0. The minimum absolute atomic E-state index is 0.0768. The van der Waals surface area contributed by atoms with Crippen molar-refractivity contribution in [2.75, 3.05) is 31.1 Å². The molecule has 1 aliphatic heterocycles. The van der Waals surface area contributed by atoms with Gasteiger partial charge in [0.05, 0.1) is 6.54 Å². The van der Waals surface area contributed by atoms with E-state index in [1.807, 2.05) is 17.2 Å². The van der Waals surface area contributed by atoms with E-state index in [1.165, 1.54) is 5.56 Å². The highest BCUT2D eigenvalue weighted by Crippen LogP contribution is 2.12. The Labute approximate surface area is 114 Å². The Morgan fingerprint density at radius 2 is 2.37 bits per heavy atom. The highest BCUT2D eigenvalue weighted by atomic mass is 16.2. The first-order chi connectivity index (χ1) is 9.29. The fourth-order valence-corrected chi connectivity index (χ4v) is 2.12. The lowest BCUT2D eigenvalue weighted by atomic mass is 10.2. The highest BCUT2D eigenvalue weighted by Gasteiger charge is 2.15. The number of amides is 1. The van der Waals surface area contributed by atoms with Gasteiger partial charge in [0.15, 0.2) is 0 Å². The van der Waals surface area contributed by atoms with Crippen molar-refractivity contribution in [3.05, 3.63) is 23.9 Å². The average Bonchev–Trinajstić information content (AvgIpc) is 2.65. The molecule has 0 aliphatic carbocycles. The Kier molecular flexibility index (Phi) is 5.15. The fraction of sp³-hybridized carbons (Fsp3) is 0.571. The van der Waals surface area contributed by atoms with E-state index in [0.29, 0.717) is 6.54 Å². The van der Waals surface area contributed by atoms with Gasteiger partial charge in [-0.05, 0) is 31.0 Å². The minimum atomic E-state index is 0.0768. The monoisotopic (exact) mass is 262 g/mol. The first-order valence-corrected chi connectivity index (χ1v) is 6.97. The fourth-order valence-electron chi connectivity index (χ4n) is 2.12. The lowest BCUT2D eigenvalue weighted by Crippen LogP contribution is -2.33. The summed E-state index contributed by atoms with van der Waals surface area (Å²) in [6, 6.07) is 4.08. The lowest BCUT2D eigenvalue weighted by molar-refractivity contribution is -0.119. The SMILES string of the molecule is CCCNCc1ccc(N2CCCNC(=O)C2)nc1. The third-order valence-corrected chi connectivity index (χ3v) is 3.15. The van der Waals surface area contributed by atoms with Crippen LogP contribution in [0.25, 0.3) is 0 Å². The van der Waals surface area contributed by atoms with Crippen molar-refractivity contribution in [2.45, 2.75) is 26.3 Å². The van der Waals surface area contributed by atoms with Crippen LogP contribution in [0, 0.1) is 0 Å². The number of nitrogens with one attached hydrogen (secondary N) is 2. The normalized spacial score (nSPS) is 16.1. The van der Waals surface area contributed by atoms with E-state index in [2.05, 4.69) is 28.6 Å². The molecule has 1 aromatic rings. The van der Waals surface area contributed by atoms with Gasteiger partial charge < -0.3 is 15.5 Å². The maximum Gasteiger partial charge on any atom is 0.239 e. The van der Waals surface area contributed by atoms with Crippen molar-refractivity contribution in [1.82, 2.24) is 15.6 Å². The van der Waals surface area contributed by atoms with E-state index >= 15 is 0 Å². The molecule has 1 fully saturated rings. The van der Waals surface area contributed by atoms with Crippen molar-refractivity contribution in [3.8, 4) is 0 Å². The van der Waals surface area contributed by atoms with Crippen LogP contribution in [-0.2, 0) is 11.3 Å². The Hall–Kier alpha value is -1.62. The van der Waals surface area contributed by atoms with Crippen LogP contribution in [-0.4, -0.2) is 37.1 Å². The number of aromatic nitrogens is 1. The zero-order valence-electron chi connectivity index (χ0n) is 11.5. The van der Waals surface area contributed by atoms with Crippen LogP contribution >= 0.6 is 0 Å². The minimum Gasteiger partial charge on any atom is -0.354 e. The van der Waals surface area contributed by atoms with Crippen molar-refractivity contribution < 1.29 is 4.79 Å². The quantitative estimate of drug-likeness (QED) is 0.774. The van der Waals surface area contributed by atoms with Gasteiger partial charge in [0.25, 0.3) is 0 Å². The second-order valence-corrected chi connectivity index (χ2v) is 4.83. The van der Waals surface area contributed by atoms with Gasteiger partial charge in [-0.25, -0.2) is 4.98 Å². The van der Waals surface area contributed by atoms with E-state index in [0.717, 1.165) is 44.8 Å².